The Labute approximate surface area is 135 Å². The first-order valence-electron chi connectivity index (χ1n) is 8.06. The Balaban J connectivity index is 1.54. The van der Waals surface area contributed by atoms with E-state index in [1.807, 2.05) is 12.1 Å². The fourth-order valence-corrected chi connectivity index (χ4v) is 5.94. The third kappa shape index (κ3) is 2.30. The van der Waals surface area contributed by atoms with E-state index in [2.05, 4.69) is 0 Å². The van der Waals surface area contributed by atoms with Crippen LogP contribution in [0.4, 0.5) is 0 Å². The van der Waals surface area contributed by atoms with Gasteiger partial charge in [-0.15, -0.1) is 11.6 Å². The zero-order valence-electron chi connectivity index (χ0n) is 12.8. The molecule has 2 atom stereocenters. The Morgan fingerprint density at radius 3 is 2.23 bits per heavy atom. The molecular weight excluding hydrogens is 300 g/mol. The number of methoxy groups -OCH3 is 1. The molecule has 0 saturated heterocycles. The summed E-state index contributed by atoms with van der Waals surface area (Å²) in [6, 6.07) is 7.19. The molecule has 1 aromatic rings. The number of alkyl halides is 1. The lowest BCUT2D eigenvalue weighted by Crippen LogP contribution is -2.56. The molecule has 4 heteroatoms. The number of esters is 1. The van der Waals surface area contributed by atoms with Crippen LogP contribution in [0.5, 0.6) is 11.5 Å². The summed E-state index contributed by atoms with van der Waals surface area (Å²) in [5, 5.41) is 0. The van der Waals surface area contributed by atoms with E-state index in [0.29, 0.717) is 17.6 Å². The van der Waals surface area contributed by atoms with Gasteiger partial charge in [0.15, 0.2) is 0 Å². The Hall–Kier alpha value is -1.22. The van der Waals surface area contributed by atoms with Gasteiger partial charge in [-0.3, -0.25) is 4.79 Å². The largest absolute Gasteiger partial charge is 0.497 e. The molecule has 4 bridgehead atoms. The summed E-state index contributed by atoms with van der Waals surface area (Å²) in [7, 11) is 1.62. The van der Waals surface area contributed by atoms with Crippen molar-refractivity contribution in [1.29, 1.82) is 0 Å². The predicted octanol–water partition coefficient (Wildman–Crippen LogP) is 4.18. The summed E-state index contributed by atoms with van der Waals surface area (Å²) in [6.07, 6.45) is 6.07. The monoisotopic (exact) mass is 320 g/mol. The van der Waals surface area contributed by atoms with Crippen LogP contribution in [0.15, 0.2) is 24.3 Å². The van der Waals surface area contributed by atoms with E-state index in [1.54, 1.807) is 19.2 Å². The van der Waals surface area contributed by atoms with E-state index in [0.717, 1.165) is 37.9 Å². The maximum atomic E-state index is 12.9. The van der Waals surface area contributed by atoms with Gasteiger partial charge in [-0.2, -0.15) is 0 Å². The summed E-state index contributed by atoms with van der Waals surface area (Å²) >= 11 is 6.78. The topological polar surface area (TPSA) is 35.5 Å². The summed E-state index contributed by atoms with van der Waals surface area (Å²) in [4.78, 5) is 12.7. The SMILES string of the molecule is COc1ccc(OC(=O)C23C[C@H]4C[C@@H](CC(Cl)(C4)C2)C3)cc1. The number of benzene rings is 1. The maximum absolute atomic E-state index is 12.9. The van der Waals surface area contributed by atoms with E-state index in [4.69, 9.17) is 21.1 Å². The second-order valence-corrected chi connectivity index (χ2v) is 8.26. The zero-order chi connectivity index (χ0) is 15.4. The van der Waals surface area contributed by atoms with Gasteiger partial charge in [-0.05, 0) is 74.6 Å². The number of carbonyl (C=O) groups is 1. The van der Waals surface area contributed by atoms with Crippen LogP contribution in [0.2, 0.25) is 0 Å². The molecule has 4 aliphatic rings. The maximum Gasteiger partial charge on any atom is 0.317 e. The molecule has 22 heavy (non-hydrogen) atoms. The molecule has 4 saturated carbocycles. The van der Waals surface area contributed by atoms with Crippen molar-refractivity contribution in [1.82, 2.24) is 0 Å². The minimum Gasteiger partial charge on any atom is -0.497 e. The summed E-state index contributed by atoms with van der Waals surface area (Å²) in [5.74, 6) is 2.46. The van der Waals surface area contributed by atoms with Gasteiger partial charge in [0.05, 0.1) is 12.5 Å². The van der Waals surface area contributed by atoms with Gasteiger partial charge < -0.3 is 9.47 Å². The van der Waals surface area contributed by atoms with Crippen molar-refractivity contribution in [2.45, 2.75) is 43.4 Å². The van der Waals surface area contributed by atoms with Gasteiger partial charge in [0, 0.05) is 4.87 Å². The fourth-order valence-electron chi connectivity index (χ4n) is 5.25. The number of ether oxygens (including phenoxy) is 2. The molecule has 0 aliphatic heterocycles. The molecule has 5 rings (SSSR count). The van der Waals surface area contributed by atoms with E-state index in [-0.39, 0.29) is 16.3 Å². The first-order valence-corrected chi connectivity index (χ1v) is 8.43. The molecule has 0 spiro atoms. The van der Waals surface area contributed by atoms with Crippen molar-refractivity contribution in [3.05, 3.63) is 24.3 Å². The van der Waals surface area contributed by atoms with Crippen LogP contribution in [0.1, 0.15) is 38.5 Å². The van der Waals surface area contributed by atoms with Gasteiger partial charge in [0.2, 0.25) is 0 Å². The third-order valence-electron chi connectivity index (χ3n) is 5.69. The van der Waals surface area contributed by atoms with Gasteiger partial charge in [0.25, 0.3) is 0 Å². The lowest BCUT2D eigenvalue weighted by molar-refractivity contribution is -0.160. The van der Waals surface area contributed by atoms with E-state index in [9.17, 15) is 4.79 Å². The van der Waals surface area contributed by atoms with Crippen LogP contribution in [0.3, 0.4) is 0 Å². The van der Waals surface area contributed by atoms with Crippen molar-refractivity contribution in [2.75, 3.05) is 7.11 Å². The Bertz CT molecular complexity index is 581. The van der Waals surface area contributed by atoms with Gasteiger partial charge in [-0.1, -0.05) is 0 Å². The van der Waals surface area contributed by atoms with Crippen LogP contribution >= 0.6 is 11.6 Å². The van der Waals surface area contributed by atoms with Gasteiger partial charge in [0.1, 0.15) is 11.5 Å². The van der Waals surface area contributed by atoms with Crippen molar-refractivity contribution < 1.29 is 14.3 Å². The second kappa shape index (κ2) is 4.89. The van der Waals surface area contributed by atoms with Crippen molar-refractivity contribution in [3.63, 3.8) is 0 Å². The van der Waals surface area contributed by atoms with E-state index >= 15 is 0 Å². The summed E-state index contributed by atoms with van der Waals surface area (Å²) in [5.41, 5.74) is -0.355. The molecule has 4 aliphatic carbocycles. The van der Waals surface area contributed by atoms with Crippen molar-refractivity contribution in [2.24, 2.45) is 17.3 Å². The molecule has 3 nitrogen and oxygen atoms in total. The molecule has 0 amide bonds. The highest BCUT2D eigenvalue weighted by molar-refractivity contribution is 6.24. The van der Waals surface area contributed by atoms with E-state index in [1.165, 1.54) is 6.42 Å². The molecule has 0 aromatic heterocycles. The smallest absolute Gasteiger partial charge is 0.317 e. The standard InChI is InChI=1S/C18H21ClO3/c1-21-14-2-4-15(5-3-14)22-16(20)17-7-12-6-13(8-17)10-18(19,9-12)11-17/h2-5,12-13H,6-11H2,1H3/t12-,13-,17?,18?/m1/s1. The molecular formula is C18H21ClO3. The number of halogens is 1. The predicted molar refractivity (Wildman–Crippen MR) is 84.3 cm³/mol. The zero-order valence-corrected chi connectivity index (χ0v) is 13.6. The molecule has 1 aromatic carbocycles. The molecule has 0 heterocycles. The lowest BCUT2D eigenvalue weighted by atomic mass is 9.49. The second-order valence-electron chi connectivity index (χ2n) is 7.46. The number of hydrogen-bond acceptors (Lipinski definition) is 3. The fraction of sp³-hybridized carbons (Fsp3) is 0.611. The highest BCUT2D eigenvalue weighted by atomic mass is 35.5. The average Bonchev–Trinajstić information content (AvgIpc) is 2.45. The molecule has 4 fully saturated rings. The van der Waals surface area contributed by atoms with Gasteiger partial charge >= 0.3 is 5.97 Å². The highest BCUT2D eigenvalue weighted by Gasteiger charge is 2.60. The minimum absolute atomic E-state index is 0.0863. The molecule has 0 N–H and O–H groups in total. The Kier molecular flexibility index (Phi) is 3.19. The van der Waals surface area contributed by atoms with Crippen LogP contribution in [0, 0.1) is 17.3 Å². The normalized spacial score (nSPS) is 38.8. The lowest BCUT2D eigenvalue weighted by Gasteiger charge is -2.58. The first kappa shape index (κ1) is 14.4. The van der Waals surface area contributed by atoms with Crippen LogP contribution in [0.25, 0.3) is 0 Å². The van der Waals surface area contributed by atoms with Gasteiger partial charge in [-0.25, -0.2) is 0 Å². The molecule has 0 unspecified atom stereocenters. The Morgan fingerprint density at radius 1 is 1.09 bits per heavy atom. The van der Waals surface area contributed by atoms with Crippen LogP contribution in [-0.2, 0) is 4.79 Å². The third-order valence-corrected chi connectivity index (χ3v) is 6.13. The number of rotatable bonds is 3. The average molecular weight is 321 g/mol. The number of carbonyl (C=O) groups excluding carboxylic acids is 1. The van der Waals surface area contributed by atoms with Crippen molar-refractivity contribution >= 4 is 17.6 Å². The summed E-state index contributed by atoms with van der Waals surface area (Å²) < 4.78 is 10.8. The highest BCUT2D eigenvalue weighted by Crippen LogP contribution is 2.64. The quantitative estimate of drug-likeness (QED) is 0.476. The minimum atomic E-state index is -0.355. The van der Waals surface area contributed by atoms with Crippen LogP contribution in [-0.4, -0.2) is 18.0 Å². The number of hydrogen-bond donors (Lipinski definition) is 0. The Morgan fingerprint density at radius 2 is 1.68 bits per heavy atom. The van der Waals surface area contributed by atoms with Crippen LogP contribution < -0.4 is 9.47 Å². The summed E-state index contributed by atoms with van der Waals surface area (Å²) in [6.45, 7) is 0. The van der Waals surface area contributed by atoms with Crippen molar-refractivity contribution in [3.8, 4) is 11.5 Å². The molecule has 0 radical (unpaired) electrons. The first-order chi connectivity index (χ1) is 10.5. The van der Waals surface area contributed by atoms with E-state index < -0.39 is 0 Å². The molecule has 118 valence electrons.